The number of ether oxygens (including phenoxy) is 1. The first-order chi connectivity index (χ1) is 10.2. The Kier molecular flexibility index (Phi) is 6.48. The molecule has 0 amide bonds. The number of nitrogens with one attached hydrogen (secondary N) is 2. The molecule has 1 aliphatic rings. The molecule has 1 aliphatic carbocycles. The van der Waals surface area contributed by atoms with Crippen LogP contribution in [0.5, 0.6) is 5.75 Å². The fraction of sp³-hybridized carbons (Fsp3) is 0.600. The van der Waals surface area contributed by atoms with E-state index in [2.05, 4.69) is 10.0 Å². The highest BCUT2D eigenvalue weighted by molar-refractivity contribution is 7.89. The summed E-state index contributed by atoms with van der Waals surface area (Å²) in [6, 6.07) is 10.2. The molecule has 1 saturated carbocycles. The van der Waals surface area contributed by atoms with Crippen molar-refractivity contribution in [2.24, 2.45) is 0 Å². The van der Waals surface area contributed by atoms with Crippen LogP contribution in [0.1, 0.15) is 25.7 Å². The number of hydrogen-bond acceptors (Lipinski definition) is 4. The second kappa shape index (κ2) is 8.36. The van der Waals surface area contributed by atoms with Crippen molar-refractivity contribution in [1.82, 2.24) is 10.0 Å². The molecule has 1 fully saturated rings. The summed E-state index contributed by atoms with van der Waals surface area (Å²) in [6.45, 7) is 1.71. The van der Waals surface area contributed by atoms with Crippen LogP contribution in [0.2, 0.25) is 0 Å². The van der Waals surface area contributed by atoms with Gasteiger partial charge in [-0.15, -0.1) is 0 Å². The normalized spacial score (nSPS) is 15.0. The van der Waals surface area contributed by atoms with E-state index in [9.17, 15) is 8.42 Å². The van der Waals surface area contributed by atoms with Crippen molar-refractivity contribution in [1.29, 1.82) is 0 Å². The van der Waals surface area contributed by atoms with Gasteiger partial charge in [-0.05, 0) is 44.4 Å². The van der Waals surface area contributed by atoms with Crippen molar-refractivity contribution < 1.29 is 13.2 Å². The van der Waals surface area contributed by atoms with Gasteiger partial charge in [0, 0.05) is 12.6 Å². The molecule has 5 nitrogen and oxygen atoms in total. The lowest BCUT2D eigenvalue weighted by Gasteiger charge is -2.08. The molecule has 0 heterocycles. The van der Waals surface area contributed by atoms with E-state index < -0.39 is 10.0 Å². The molecule has 0 radical (unpaired) electrons. The van der Waals surface area contributed by atoms with E-state index in [1.165, 1.54) is 12.8 Å². The minimum Gasteiger partial charge on any atom is -0.494 e. The van der Waals surface area contributed by atoms with E-state index in [1.807, 2.05) is 30.3 Å². The number of sulfonamides is 1. The standard InChI is InChI=1S/C15H24N2O3S/c18-21(19,13-5-10-16-14-8-9-14)17-11-4-12-20-15-6-2-1-3-7-15/h1-3,6-7,14,16-17H,4-5,8-13H2. The summed E-state index contributed by atoms with van der Waals surface area (Å²) in [5.74, 6) is 0.998. The third-order valence-electron chi connectivity index (χ3n) is 3.26. The van der Waals surface area contributed by atoms with Gasteiger partial charge in [0.1, 0.15) is 5.75 Å². The van der Waals surface area contributed by atoms with Crippen molar-refractivity contribution in [3.63, 3.8) is 0 Å². The average Bonchev–Trinajstić information content (AvgIpc) is 3.29. The number of benzene rings is 1. The summed E-state index contributed by atoms with van der Waals surface area (Å²) >= 11 is 0. The fourth-order valence-corrected chi connectivity index (χ4v) is 3.06. The van der Waals surface area contributed by atoms with Crippen molar-refractivity contribution in [3.05, 3.63) is 30.3 Å². The predicted molar refractivity (Wildman–Crippen MR) is 84.0 cm³/mol. The second-order valence-corrected chi connectivity index (χ2v) is 7.24. The fourth-order valence-electron chi connectivity index (χ4n) is 1.93. The van der Waals surface area contributed by atoms with Crippen LogP contribution in [0.15, 0.2) is 30.3 Å². The van der Waals surface area contributed by atoms with E-state index in [-0.39, 0.29) is 5.75 Å². The molecule has 0 bridgehead atoms. The quantitative estimate of drug-likeness (QED) is 0.608. The monoisotopic (exact) mass is 312 g/mol. The van der Waals surface area contributed by atoms with Crippen molar-refractivity contribution in [3.8, 4) is 5.75 Å². The zero-order valence-corrected chi connectivity index (χ0v) is 13.1. The van der Waals surface area contributed by atoms with Gasteiger partial charge in [-0.2, -0.15) is 0 Å². The maximum absolute atomic E-state index is 11.7. The maximum Gasteiger partial charge on any atom is 0.211 e. The molecule has 1 aromatic carbocycles. The molecule has 2 N–H and O–H groups in total. The van der Waals surface area contributed by atoms with Crippen LogP contribution in [0.3, 0.4) is 0 Å². The molecule has 21 heavy (non-hydrogen) atoms. The average molecular weight is 312 g/mol. The van der Waals surface area contributed by atoms with Gasteiger partial charge in [0.2, 0.25) is 10.0 Å². The topological polar surface area (TPSA) is 67.4 Å². The van der Waals surface area contributed by atoms with E-state index in [0.29, 0.717) is 32.0 Å². The molecule has 0 spiro atoms. The van der Waals surface area contributed by atoms with E-state index in [1.54, 1.807) is 0 Å². The van der Waals surface area contributed by atoms with Gasteiger partial charge in [0.15, 0.2) is 0 Å². The third kappa shape index (κ3) is 7.45. The third-order valence-corrected chi connectivity index (χ3v) is 4.73. The Morgan fingerprint density at radius 1 is 1.10 bits per heavy atom. The van der Waals surface area contributed by atoms with Gasteiger partial charge < -0.3 is 10.1 Å². The second-order valence-electron chi connectivity index (χ2n) is 5.31. The first kappa shape index (κ1) is 16.3. The lowest BCUT2D eigenvalue weighted by Crippen LogP contribution is -2.30. The molecular weight excluding hydrogens is 288 g/mol. The molecule has 0 aliphatic heterocycles. The summed E-state index contributed by atoms with van der Waals surface area (Å²) in [5, 5.41) is 3.31. The van der Waals surface area contributed by atoms with E-state index in [0.717, 1.165) is 12.3 Å². The molecule has 0 unspecified atom stereocenters. The Morgan fingerprint density at radius 2 is 1.86 bits per heavy atom. The molecule has 0 aromatic heterocycles. The Morgan fingerprint density at radius 3 is 2.57 bits per heavy atom. The van der Waals surface area contributed by atoms with E-state index >= 15 is 0 Å². The summed E-state index contributed by atoms with van der Waals surface area (Å²) in [6.07, 6.45) is 3.78. The highest BCUT2D eigenvalue weighted by Gasteiger charge is 2.20. The highest BCUT2D eigenvalue weighted by atomic mass is 32.2. The lowest BCUT2D eigenvalue weighted by molar-refractivity contribution is 0.311. The zero-order valence-electron chi connectivity index (χ0n) is 12.3. The van der Waals surface area contributed by atoms with Gasteiger partial charge in [-0.3, -0.25) is 0 Å². The van der Waals surface area contributed by atoms with Crippen LogP contribution in [0, 0.1) is 0 Å². The molecule has 0 atom stereocenters. The minimum atomic E-state index is -3.15. The predicted octanol–water partition coefficient (Wildman–Crippen LogP) is 1.52. The van der Waals surface area contributed by atoms with Crippen LogP contribution < -0.4 is 14.8 Å². The van der Waals surface area contributed by atoms with Gasteiger partial charge in [0.25, 0.3) is 0 Å². The summed E-state index contributed by atoms with van der Waals surface area (Å²) < 4.78 is 31.6. The number of hydrogen-bond donors (Lipinski definition) is 2. The Labute approximate surface area is 127 Å². The molecular formula is C15H24N2O3S. The van der Waals surface area contributed by atoms with Crippen molar-refractivity contribution >= 4 is 10.0 Å². The van der Waals surface area contributed by atoms with Crippen LogP contribution in [0.25, 0.3) is 0 Å². The Bertz CT molecular complexity index is 501. The summed E-state index contributed by atoms with van der Waals surface area (Å²) in [7, 11) is -3.15. The van der Waals surface area contributed by atoms with Gasteiger partial charge >= 0.3 is 0 Å². The molecule has 118 valence electrons. The molecule has 6 heteroatoms. The van der Waals surface area contributed by atoms with Gasteiger partial charge in [0.05, 0.1) is 12.4 Å². The molecule has 1 aromatic rings. The SMILES string of the molecule is O=S(=O)(CCCNC1CC1)NCCCOc1ccccc1. The largest absolute Gasteiger partial charge is 0.494 e. The Balaban J connectivity index is 1.50. The number of rotatable bonds is 11. The van der Waals surface area contributed by atoms with Crippen LogP contribution in [-0.2, 0) is 10.0 Å². The first-order valence-electron chi connectivity index (χ1n) is 7.54. The zero-order chi connectivity index (χ0) is 15.0. The molecule has 2 rings (SSSR count). The smallest absolute Gasteiger partial charge is 0.211 e. The lowest BCUT2D eigenvalue weighted by atomic mass is 10.3. The van der Waals surface area contributed by atoms with Gasteiger partial charge in [-0.1, -0.05) is 18.2 Å². The maximum atomic E-state index is 11.7. The van der Waals surface area contributed by atoms with Crippen LogP contribution >= 0.6 is 0 Å². The van der Waals surface area contributed by atoms with Crippen molar-refractivity contribution in [2.75, 3.05) is 25.4 Å². The minimum absolute atomic E-state index is 0.187. The Hall–Kier alpha value is -1.11. The summed E-state index contributed by atoms with van der Waals surface area (Å²) in [4.78, 5) is 0. The van der Waals surface area contributed by atoms with Crippen LogP contribution in [-0.4, -0.2) is 39.9 Å². The van der Waals surface area contributed by atoms with E-state index in [4.69, 9.17) is 4.74 Å². The summed E-state index contributed by atoms with van der Waals surface area (Å²) in [5.41, 5.74) is 0. The van der Waals surface area contributed by atoms with Gasteiger partial charge in [-0.25, -0.2) is 13.1 Å². The van der Waals surface area contributed by atoms with Crippen molar-refractivity contribution in [2.45, 2.75) is 31.7 Å². The van der Waals surface area contributed by atoms with Crippen LogP contribution in [0.4, 0.5) is 0 Å². The molecule has 0 saturated heterocycles. The first-order valence-corrected chi connectivity index (χ1v) is 9.19. The highest BCUT2D eigenvalue weighted by Crippen LogP contribution is 2.18. The number of para-hydroxylation sites is 1.